The number of carbonyl (C=O) groups excluding carboxylic acids is 2. The highest BCUT2D eigenvalue weighted by Crippen LogP contribution is 2.44. The van der Waals surface area contributed by atoms with E-state index < -0.39 is 35.3 Å². The number of amides is 2. The van der Waals surface area contributed by atoms with E-state index in [2.05, 4.69) is 6.07 Å². The number of carboxylic acid groups (broad SMARTS) is 1. The van der Waals surface area contributed by atoms with E-state index >= 15 is 0 Å². The third-order valence-electron chi connectivity index (χ3n) is 6.42. The van der Waals surface area contributed by atoms with E-state index in [0.717, 1.165) is 11.1 Å². The van der Waals surface area contributed by atoms with E-state index in [0.29, 0.717) is 22.6 Å². The minimum absolute atomic E-state index is 0.0625. The summed E-state index contributed by atoms with van der Waals surface area (Å²) >= 11 is 6.37. The van der Waals surface area contributed by atoms with Gasteiger partial charge in [-0.1, -0.05) is 60.2 Å². The molecule has 1 unspecified atom stereocenters. The lowest BCUT2D eigenvalue weighted by Gasteiger charge is -2.35. The highest BCUT2D eigenvalue weighted by atomic mass is 35.5. The van der Waals surface area contributed by atoms with Crippen molar-refractivity contribution >= 4 is 35.0 Å². The first kappa shape index (κ1) is 23.3. The van der Waals surface area contributed by atoms with Crippen LogP contribution in [0.25, 0.3) is 5.57 Å². The molecule has 2 aliphatic rings. The third kappa shape index (κ3) is 4.09. The maximum Gasteiger partial charge on any atom is 0.326 e. The highest BCUT2D eigenvalue weighted by Gasteiger charge is 2.49. The van der Waals surface area contributed by atoms with E-state index in [1.54, 1.807) is 60.7 Å². The van der Waals surface area contributed by atoms with E-state index in [9.17, 15) is 24.8 Å². The molecule has 1 heterocycles. The normalized spacial score (nSPS) is 23.8. The number of carboxylic acids is 1. The standard InChI is InChI=1S/C26H22ClN3O4/c27-20-7-2-1-6-19(20)21-8-9-22(24(32)33)30(21)25(34)26(15-28)12-10-16(11-13-26)17-4-3-5-18(14-17)23(29)31/h1-7,10-12,14,21-22H,8-9,13H2,(H2,29,31)(H,32,33)/t21-,22+,26?/m1/s1. The van der Waals surface area contributed by atoms with Crippen molar-refractivity contribution in [2.75, 3.05) is 0 Å². The van der Waals surface area contributed by atoms with Gasteiger partial charge in [-0.2, -0.15) is 5.26 Å². The number of nitrogens with zero attached hydrogens (tertiary/aromatic N) is 2. The van der Waals surface area contributed by atoms with Crippen LogP contribution in [-0.4, -0.2) is 33.8 Å². The monoisotopic (exact) mass is 475 g/mol. The quantitative estimate of drug-likeness (QED) is 0.673. The zero-order valence-electron chi connectivity index (χ0n) is 18.1. The van der Waals surface area contributed by atoms with Crippen LogP contribution in [0.1, 0.15) is 46.8 Å². The minimum atomic E-state index is -1.55. The van der Waals surface area contributed by atoms with Crippen molar-refractivity contribution in [1.29, 1.82) is 5.26 Å². The zero-order valence-corrected chi connectivity index (χ0v) is 18.9. The van der Waals surface area contributed by atoms with Crippen molar-refractivity contribution in [3.8, 4) is 6.07 Å². The second-order valence-electron chi connectivity index (χ2n) is 8.41. The predicted octanol–water partition coefficient (Wildman–Crippen LogP) is 4.11. The fourth-order valence-corrected chi connectivity index (χ4v) is 4.87. The van der Waals surface area contributed by atoms with Gasteiger partial charge >= 0.3 is 5.97 Å². The van der Waals surface area contributed by atoms with Crippen molar-refractivity contribution in [2.45, 2.75) is 31.3 Å². The Balaban J connectivity index is 1.67. The molecule has 7 nitrogen and oxygen atoms in total. The zero-order chi connectivity index (χ0) is 24.5. The fraction of sp³-hybridized carbons (Fsp3) is 0.231. The van der Waals surface area contributed by atoms with Gasteiger partial charge in [-0.05, 0) is 54.2 Å². The molecule has 0 bridgehead atoms. The summed E-state index contributed by atoms with van der Waals surface area (Å²) in [6, 6.07) is 14.3. The lowest BCUT2D eigenvalue weighted by atomic mass is 9.78. The van der Waals surface area contributed by atoms with E-state index in [-0.39, 0.29) is 12.8 Å². The number of rotatable bonds is 5. The van der Waals surface area contributed by atoms with Crippen LogP contribution in [0, 0.1) is 16.7 Å². The first-order chi connectivity index (χ1) is 16.3. The largest absolute Gasteiger partial charge is 0.480 e. The Hall–Kier alpha value is -3.89. The van der Waals surface area contributed by atoms with Crippen LogP contribution in [0.4, 0.5) is 0 Å². The summed E-state index contributed by atoms with van der Waals surface area (Å²) in [4.78, 5) is 38.6. The number of halogens is 1. The van der Waals surface area contributed by atoms with Crippen LogP contribution < -0.4 is 5.73 Å². The van der Waals surface area contributed by atoms with Gasteiger partial charge in [-0.15, -0.1) is 0 Å². The van der Waals surface area contributed by atoms with Gasteiger partial charge in [0.2, 0.25) is 11.8 Å². The number of hydrogen-bond acceptors (Lipinski definition) is 4. The number of primary amides is 1. The Morgan fingerprint density at radius 2 is 1.91 bits per heavy atom. The predicted molar refractivity (Wildman–Crippen MR) is 126 cm³/mol. The topological polar surface area (TPSA) is 124 Å². The minimum Gasteiger partial charge on any atom is -0.480 e. The number of allylic oxidation sites excluding steroid dienone is 3. The molecule has 1 saturated heterocycles. The smallest absolute Gasteiger partial charge is 0.326 e. The first-order valence-electron chi connectivity index (χ1n) is 10.8. The van der Waals surface area contributed by atoms with Gasteiger partial charge in [-0.25, -0.2) is 4.79 Å². The number of benzene rings is 2. The second kappa shape index (κ2) is 9.16. The molecule has 0 saturated carbocycles. The SMILES string of the molecule is N#CC1(C(=O)N2[C@@H](c3ccccc3Cl)CC[C@H]2C(=O)O)C=CC(c2cccc(C(N)=O)c2)=CC1. The molecule has 4 rings (SSSR count). The van der Waals surface area contributed by atoms with Crippen molar-refractivity contribution in [2.24, 2.45) is 11.1 Å². The number of hydrogen-bond donors (Lipinski definition) is 2. The summed E-state index contributed by atoms with van der Waals surface area (Å²) in [5.74, 6) is -2.24. The average molecular weight is 476 g/mol. The summed E-state index contributed by atoms with van der Waals surface area (Å²) in [6.07, 6.45) is 5.68. The molecular formula is C26H22ClN3O4. The molecule has 8 heteroatoms. The molecule has 1 aliphatic carbocycles. The molecule has 1 aliphatic heterocycles. The van der Waals surface area contributed by atoms with Gasteiger partial charge < -0.3 is 15.7 Å². The summed E-state index contributed by atoms with van der Waals surface area (Å²) in [5, 5.41) is 20.3. The van der Waals surface area contributed by atoms with Gasteiger partial charge in [0.1, 0.15) is 6.04 Å². The molecule has 172 valence electrons. The summed E-state index contributed by atoms with van der Waals surface area (Å²) in [6.45, 7) is 0. The van der Waals surface area contributed by atoms with Gasteiger partial charge in [-0.3, -0.25) is 9.59 Å². The summed E-state index contributed by atoms with van der Waals surface area (Å²) < 4.78 is 0. The van der Waals surface area contributed by atoms with Crippen LogP contribution in [0.5, 0.6) is 0 Å². The van der Waals surface area contributed by atoms with Gasteiger partial charge in [0.05, 0.1) is 12.1 Å². The molecule has 34 heavy (non-hydrogen) atoms. The van der Waals surface area contributed by atoms with E-state index in [1.165, 1.54) is 11.0 Å². The number of likely N-dealkylation sites (tertiary alicyclic amines) is 1. The molecular weight excluding hydrogens is 454 g/mol. The maximum absolute atomic E-state index is 13.8. The van der Waals surface area contributed by atoms with E-state index in [1.807, 2.05) is 0 Å². The average Bonchev–Trinajstić information content (AvgIpc) is 3.29. The lowest BCUT2D eigenvalue weighted by Crippen LogP contribution is -2.48. The Morgan fingerprint density at radius 3 is 2.53 bits per heavy atom. The highest BCUT2D eigenvalue weighted by molar-refractivity contribution is 6.31. The van der Waals surface area contributed by atoms with Crippen molar-refractivity contribution in [3.05, 3.63) is 88.5 Å². The first-order valence-corrected chi connectivity index (χ1v) is 11.2. The number of nitrogens with two attached hydrogens (primary N) is 1. The molecule has 0 aromatic heterocycles. The van der Waals surface area contributed by atoms with Crippen molar-refractivity contribution in [3.63, 3.8) is 0 Å². The number of carbonyl (C=O) groups is 3. The van der Waals surface area contributed by atoms with Gasteiger partial charge in [0, 0.05) is 10.6 Å². The molecule has 1 fully saturated rings. The van der Waals surface area contributed by atoms with Crippen LogP contribution >= 0.6 is 11.6 Å². The Kier molecular flexibility index (Phi) is 6.27. The summed E-state index contributed by atoms with van der Waals surface area (Å²) in [7, 11) is 0. The van der Waals surface area contributed by atoms with Crippen LogP contribution in [0.2, 0.25) is 5.02 Å². The van der Waals surface area contributed by atoms with Gasteiger partial charge in [0.15, 0.2) is 5.41 Å². The van der Waals surface area contributed by atoms with Crippen molar-refractivity contribution < 1.29 is 19.5 Å². The number of nitriles is 1. The molecule has 0 spiro atoms. The van der Waals surface area contributed by atoms with Crippen LogP contribution in [-0.2, 0) is 9.59 Å². The van der Waals surface area contributed by atoms with Crippen LogP contribution in [0.15, 0.2) is 66.8 Å². The Morgan fingerprint density at radius 1 is 1.15 bits per heavy atom. The lowest BCUT2D eigenvalue weighted by molar-refractivity contribution is -0.152. The molecule has 0 radical (unpaired) electrons. The third-order valence-corrected chi connectivity index (χ3v) is 6.77. The molecule has 3 N–H and O–H groups in total. The maximum atomic E-state index is 13.8. The van der Waals surface area contributed by atoms with Crippen molar-refractivity contribution in [1.82, 2.24) is 4.90 Å². The molecule has 2 amide bonds. The number of aliphatic carboxylic acids is 1. The molecule has 2 aromatic carbocycles. The van der Waals surface area contributed by atoms with E-state index in [4.69, 9.17) is 17.3 Å². The van der Waals surface area contributed by atoms with Gasteiger partial charge in [0.25, 0.3) is 0 Å². The Bertz CT molecular complexity index is 1280. The second-order valence-corrected chi connectivity index (χ2v) is 8.81. The molecule has 3 atom stereocenters. The molecule has 2 aromatic rings. The Labute approximate surface area is 201 Å². The summed E-state index contributed by atoms with van der Waals surface area (Å²) in [5.41, 5.74) is 6.29. The fourth-order valence-electron chi connectivity index (χ4n) is 4.61. The van der Waals surface area contributed by atoms with Crippen LogP contribution in [0.3, 0.4) is 0 Å².